The topological polar surface area (TPSA) is 89.0 Å². The molecule has 1 aliphatic heterocycles. The molecule has 7 nitrogen and oxygen atoms in total. The Labute approximate surface area is 212 Å². The number of carboxylic acid groups (broad SMARTS) is 1. The Morgan fingerprint density at radius 2 is 1.94 bits per heavy atom. The fraction of sp³-hybridized carbons (Fsp3) is 0.593. The lowest BCUT2D eigenvalue weighted by Gasteiger charge is -2.40. The highest BCUT2D eigenvalue weighted by Crippen LogP contribution is 2.53. The van der Waals surface area contributed by atoms with Crippen LogP contribution in [0.1, 0.15) is 81.4 Å². The van der Waals surface area contributed by atoms with Gasteiger partial charge in [0.15, 0.2) is 0 Å². The zero-order valence-electron chi connectivity index (χ0n) is 22.0. The second-order valence-corrected chi connectivity index (χ2v) is 11.8. The maximum atomic E-state index is 14.6. The predicted molar refractivity (Wildman–Crippen MR) is 137 cm³/mol. The maximum Gasteiger partial charge on any atom is 0.329 e. The number of hydrogen-bond donors (Lipinski definition) is 1. The van der Waals surface area contributed by atoms with E-state index in [0.717, 1.165) is 10.6 Å². The van der Waals surface area contributed by atoms with E-state index in [-0.39, 0.29) is 23.8 Å². The first-order valence-electron chi connectivity index (χ1n) is 12.1. The molecule has 0 saturated carbocycles. The maximum absolute atomic E-state index is 14.6. The average molecular weight is 503 g/mol. The minimum absolute atomic E-state index is 0.0577. The van der Waals surface area contributed by atoms with Gasteiger partial charge in [-0.15, -0.1) is 11.3 Å². The van der Waals surface area contributed by atoms with E-state index in [9.17, 15) is 14.7 Å². The van der Waals surface area contributed by atoms with E-state index in [2.05, 4.69) is 4.98 Å². The Morgan fingerprint density at radius 3 is 2.43 bits per heavy atom. The van der Waals surface area contributed by atoms with Crippen molar-refractivity contribution in [3.05, 3.63) is 45.9 Å². The molecule has 1 unspecified atom stereocenters. The van der Waals surface area contributed by atoms with E-state index in [1.807, 2.05) is 53.0 Å². The number of aromatic nitrogens is 1. The second kappa shape index (κ2) is 10.3. The van der Waals surface area contributed by atoms with Crippen LogP contribution < -0.4 is 4.74 Å². The number of rotatable bonds is 8. The van der Waals surface area contributed by atoms with Gasteiger partial charge in [0, 0.05) is 35.7 Å². The van der Waals surface area contributed by atoms with Gasteiger partial charge in [0.2, 0.25) is 0 Å². The summed E-state index contributed by atoms with van der Waals surface area (Å²) < 4.78 is 11.4. The van der Waals surface area contributed by atoms with Gasteiger partial charge < -0.3 is 19.5 Å². The fourth-order valence-electron chi connectivity index (χ4n) is 5.57. The number of ether oxygens (including phenoxy) is 2. The Bertz CT molecular complexity index is 1050. The molecule has 1 amide bonds. The third kappa shape index (κ3) is 4.96. The smallest absolute Gasteiger partial charge is 0.329 e. The zero-order valence-corrected chi connectivity index (χ0v) is 22.8. The summed E-state index contributed by atoms with van der Waals surface area (Å²) in [5.74, 6) is -0.870. The third-order valence-corrected chi connectivity index (χ3v) is 7.83. The molecule has 1 aromatic heterocycles. The molecule has 8 heteroatoms. The fourth-order valence-corrected chi connectivity index (χ4v) is 6.37. The summed E-state index contributed by atoms with van der Waals surface area (Å²) in [6.45, 7) is 12.0. The Kier molecular flexibility index (Phi) is 7.96. The molecule has 1 N–H and O–H groups in total. The molecule has 0 bridgehead atoms. The molecule has 3 rings (SSSR count). The molecule has 4 atom stereocenters. The van der Waals surface area contributed by atoms with E-state index in [0.29, 0.717) is 24.2 Å². The number of carbonyl (C=O) groups excluding carboxylic acids is 1. The standard InChI is InChI=1S/C27H38N2O5S/c1-16(2)14-27(25(31)32)15-19(17(3)33-7)22(23-28-12-13-35-23)29(27)24(30)18-10-9-11-20(34-8)21(18)26(4,5)6/h9-13,16-17,19,22H,14-15H2,1-8H3,(H,31,32)/t17?,19-,22+,27-/m0/s1. The SMILES string of the molecule is COc1cccc(C(=O)N2[C@@H](c3nccs3)[C@H](C(C)OC)C[C@@]2(CC(C)C)C(=O)O)c1C(C)(C)C. The molecule has 2 aromatic rings. The van der Waals surface area contributed by atoms with Crippen LogP contribution in [0.25, 0.3) is 0 Å². The molecule has 1 aromatic carbocycles. The molecule has 1 aliphatic rings. The predicted octanol–water partition coefficient (Wildman–Crippen LogP) is 5.56. The molecular weight excluding hydrogens is 464 g/mol. The van der Waals surface area contributed by atoms with Crippen molar-refractivity contribution in [2.75, 3.05) is 14.2 Å². The van der Waals surface area contributed by atoms with Gasteiger partial charge >= 0.3 is 5.97 Å². The lowest BCUT2D eigenvalue weighted by molar-refractivity contribution is -0.150. The number of aliphatic carboxylic acids is 1. The van der Waals surface area contributed by atoms with Gasteiger partial charge in [-0.05, 0) is 43.2 Å². The minimum atomic E-state index is -1.39. The monoisotopic (exact) mass is 502 g/mol. The van der Waals surface area contributed by atoms with Crippen molar-refractivity contribution in [2.24, 2.45) is 11.8 Å². The molecule has 1 saturated heterocycles. The number of thiazole rings is 1. The molecular formula is C27H38N2O5S. The van der Waals surface area contributed by atoms with Crippen LogP contribution in [0.2, 0.25) is 0 Å². The van der Waals surface area contributed by atoms with Crippen LogP contribution >= 0.6 is 11.3 Å². The van der Waals surface area contributed by atoms with Crippen LogP contribution in [0.15, 0.2) is 29.8 Å². The van der Waals surface area contributed by atoms with E-state index >= 15 is 0 Å². The first-order chi connectivity index (χ1) is 16.4. The second-order valence-electron chi connectivity index (χ2n) is 10.9. The normalized spacial score (nSPS) is 23.5. The van der Waals surface area contributed by atoms with Crippen LogP contribution in [0, 0.1) is 11.8 Å². The molecule has 2 heterocycles. The van der Waals surface area contributed by atoms with Crippen molar-refractivity contribution < 1.29 is 24.2 Å². The highest BCUT2D eigenvalue weighted by molar-refractivity contribution is 7.09. The lowest BCUT2D eigenvalue weighted by Crippen LogP contribution is -2.54. The summed E-state index contributed by atoms with van der Waals surface area (Å²) >= 11 is 1.44. The molecule has 0 spiro atoms. The van der Waals surface area contributed by atoms with E-state index in [1.54, 1.807) is 37.4 Å². The number of benzene rings is 1. The summed E-state index contributed by atoms with van der Waals surface area (Å²) in [5, 5.41) is 13.3. The Morgan fingerprint density at radius 1 is 1.26 bits per heavy atom. The molecule has 0 radical (unpaired) electrons. The Hall–Kier alpha value is -2.45. The van der Waals surface area contributed by atoms with Crippen LogP contribution in [0.4, 0.5) is 0 Å². The number of nitrogens with zero attached hydrogens (tertiary/aromatic N) is 2. The van der Waals surface area contributed by atoms with Gasteiger partial charge in [-0.25, -0.2) is 9.78 Å². The van der Waals surface area contributed by atoms with Crippen molar-refractivity contribution in [1.29, 1.82) is 0 Å². The summed E-state index contributed by atoms with van der Waals surface area (Å²) in [5.41, 5.74) is -0.579. The zero-order chi connectivity index (χ0) is 26.1. The third-order valence-electron chi connectivity index (χ3n) is 6.99. The highest BCUT2D eigenvalue weighted by atomic mass is 32.1. The Balaban J connectivity index is 2.32. The van der Waals surface area contributed by atoms with Crippen LogP contribution in [-0.2, 0) is 14.9 Å². The number of amides is 1. The van der Waals surface area contributed by atoms with E-state index in [4.69, 9.17) is 9.47 Å². The van der Waals surface area contributed by atoms with Gasteiger partial charge in [0.1, 0.15) is 16.3 Å². The number of likely N-dealkylation sites (tertiary alicyclic amines) is 1. The molecule has 35 heavy (non-hydrogen) atoms. The molecule has 192 valence electrons. The molecule has 0 aliphatic carbocycles. The minimum Gasteiger partial charge on any atom is -0.496 e. The van der Waals surface area contributed by atoms with Crippen molar-refractivity contribution >= 4 is 23.2 Å². The van der Waals surface area contributed by atoms with Crippen molar-refractivity contribution in [1.82, 2.24) is 9.88 Å². The summed E-state index contributed by atoms with van der Waals surface area (Å²) in [6.07, 6.45) is 2.06. The van der Waals surface area contributed by atoms with Crippen LogP contribution in [0.5, 0.6) is 5.75 Å². The van der Waals surface area contributed by atoms with E-state index < -0.39 is 23.0 Å². The van der Waals surface area contributed by atoms with Gasteiger partial charge in [-0.1, -0.05) is 40.7 Å². The van der Waals surface area contributed by atoms with Crippen molar-refractivity contribution in [3.63, 3.8) is 0 Å². The first kappa shape index (κ1) is 27.1. The van der Waals surface area contributed by atoms with Crippen molar-refractivity contribution in [3.8, 4) is 5.75 Å². The van der Waals surface area contributed by atoms with E-state index in [1.165, 1.54) is 11.3 Å². The van der Waals surface area contributed by atoms with Gasteiger partial charge in [-0.3, -0.25) is 4.79 Å². The van der Waals surface area contributed by atoms with Gasteiger partial charge in [0.05, 0.1) is 19.3 Å². The van der Waals surface area contributed by atoms with Gasteiger partial charge in [-0.2, -0.15) is 0 Å². The number of carboxylic acids is 1. The quantitative estimate of drug-likeness (QED) is 0.509. The number of carbonyl (C=O) groups is 2. The number of methoxy groups -OCH3 is 2. The van der Waals surface area contributed by atoms with Crippen LogP contribution in [0.3, 0.4) is 0 Å². The number of hydrogen-bond acceptors (Lipinski definition) is 6. The van der Waals surface area contributed by atoms with Crippen LogP contribution in [-0.4, -0.2) is 52.7 Å². The summed E-state index contributed by atoms with van der Waals surface area (Å²) in [7, 11) is 3.21. The summed E-state index contributed by atoms with van der Waals surface area (Å²) in [6, 6.07) is 4.88. The lowest BCUT2D eigenvalue weighted by atomic mass is 9.81. The average Bonchev–Trinajstić information content (AvgIpc) is 3.43. The summed E-state index contributed by atoms with van der Waals surface area (Å²) in [4.78, 5) is 33.9. The van der Waals surface area contributed by atoms with Gasteiger partial charge in [0.25, 0.3) is 5.91 Å². The van der Waals surface area contributed by atoms with Crippen molar-refractivity contribution in [2.45, 2.75) is 77.5 Å². The first-order valence-corrected chi connectivity index (χ1v) is 12.9. The molecule has 1 fully saturated rings. The largest absolute Gasteiger partial charge is 0.496 e. The highest BCUT2D eigenvalue weighted by Gasteiger charge is 2.61.